The van der Waals surface area contributed by atoms with Gasteiger partial charge in [-0.25, -0.2) is 4.79 Å². The molecule has 0 aromatic heterocycles. The van der Waals surface area contributed by atoms with E-state index < -0.39 is 22.3 Å². The number of benzene rings is 2. The van der Waals surface area contributed by atoms with Gasteiger partial charge in [-0.3, -0.25) is 24.8 Å². The Morgan fingerprint density at radius 1 is 1.14 bits per heavy atom. The smallest absolute Gasteiger partial charge is 0.337 e. The molecule has 0 aliphatic carbocycles. The molecule has 0 spiro atoms. The highest BCUT2D eigenvalue weighted by Crippen LogP contribution is 2.46. The van der Waals surface area contributed by atoms with Gasteiger partial charge in [0, 0.05) is 31.4 Å². The number of rotatable bonds is 8. The largest absolute Gasteiger partial charge is 0.481 e. The van der Waals surface area contributed by atoms with Crippen LogP contribution in [0.1, 0.15) is 30.4 Å². The van der Waals surface area contributed by atoms with E-state index in [2.05, 4.69) is 22.0 Å². The normalized spacial score (nSPS) is 22.1. The number of aliphatic imine (C=N–C) groups is 1. The van der Waals surface area contributed by atoms with E-state index in [1.165, 1.54) is 36.0 Å². The van der Waals surface area contributed by atoms with E-state index in [9.17, 15) is 29.9 Å². The average molecular weight is 514 g/mol. The van der Waals surface area contributed by atoms with Crippen LogP contribution in [0.25, 0.3) is 5.57 Å². The molecule has 10 heteroatoms. The van der Waals surface area contributed by atoms with E-state index in [1.807, 2.05) is 18.2 Å². The van der Waals surface area contributed by atoms with Gasteiger partial charge in [-0.05, 0) is 48.4 Å². The first-order chi connectivity index (χ1) is 16.8. The van der Waals surface area contributed by atoms with Gasteiger partial charge in [0.15, 0.2) is 0 Å². The summed E-state index contributed by atoms with van der Waals surface area (Å²) in [5.41, 5.74) is -0.588. The number of nitro benzene ring substituents is 1. The summed E-state index contributed by atoms with van der Waals surface area (Å²) in [4.78, 5) is 42.2. The van der Waals surface area contributed by atoms with E-state index in [-0.39, 0.29) is 53.7 Å². The summed E-state index contributed by atoms with van der Waals surface area (Å²) in [6.45, 7) is 2.21. The van der Waals surface area contributed by atoms with Crippen LogP contribution in [0.2, 0.25) is 0 Å². The molecule has 1 saturated heterocycles. The highest BCUT2D eigenvalue weighted by Gasteiger charge is 2.48. The molecule has 0 bridgehead atoms. The SMILES string of the molecule is Cl.O=C(O)C1=C(c2cccc([N+](=O)[O-])c2)C(CC2CCCN(Cc3ccccc3)C2)(C(=O)O)CN=C1. The zero-order chi connectivity index (χ0) is 25.0. The van der Waals surface area contributed by atoms with E-state index in [0.29, 0.717) is 6.54 Å². The fourth-order valence-electron chi connectivity index (χ4n) is 5.29. The van der Waals surface area contributed by atoms with E-state index in [4.69, 9.17) is 0 Å². The Labute approximate surface area is 214 Å². The Balaban J connectivity index is 0.00000361. The first-order valence-corrected chi connectivity index (χ1v) is 11.5. The lowest BCUT2D eigenvalue weighted by Crippen LogP contribution is -2.44. The van der Waals surface area contributed by atoms with Crippen molar-refractivity contribution in [1.82, 2.24) is 4.90 Å². The number of hydrogen-bond donors (Lipinski definition) is 2. The molecule has 1 fully saturated rings. The molecule has 2 aliphatic heterocycles. The molecular weight excluding hydrogens is 486 g/mol. The maximum absolute atomic E-state index is 12.8. The molecule has 0 radical (unpaired) electrons. The Kier molecular flexibility index (Phi) is 8.60. The van der Waals surface area contributed by atoms with Crippen molar-refractivity contribution in [3.8, 4) is 0 Å². The molecule has 2 aliphatic rings. The number of nitro groups is 1. The number of carboxylic acid groups (broad SMARTS) is 2. The number of likely N-dealkylation sites (tertiary alicyclic amines) is 1. The fraction of sp³-hybridized carbons (Fsp3) is 0.346. The Hall–Kier alpha value is -3.56. The second-order valence-electron chi connectivity index (χ2n) is 9.19. The van der Waals surface area contributed by atoms with Crippen molar-refractivity contribution in [3.63, 3.8) is 0 Å². The predicted octanol–water partition coefficient (Wildman–Crippen LogP) is 4.31. The van der Waals surface area contributed by atoms with Gasteiger partial charge in [0.1, 0.15) is 5.41 Å². The van der Waals surface area contributed by atoms with Crippen LogP contribution >= 0.6 is 12.4 Å². The lowest BCUT2D eigenvalue weighted by atomic mass is 9.67. The number of dihydropyridines is 1. The van der Waals surface area contributed by atoms with Crippen LogP contribution < -0.4 is 0 Å². The van der Waals surface area contributed by atoms with Gasteiger partial charge >= 0.3 is 11.9 Å². The van der Waals surface area contributed by atoms with Gasteiger partial charge < -0.3 is 10.2 Å². The van der Waals surface area contributed by atoms with Crippen LogP contribution in [0.15, 0.2) is 65.2 Å². The molecule has 2 aromatic carbocycles. The Morgan fingerprint density at radius 2 is 1.89 bits per heavy atom. The van der Waals surface area contributed by atoms with E-state index in [0.717, 1.165) is 25.9 Å². The van der Waals surface area contributed by atoms with Gasteiger partial charge in [0.25, 0.3) is 5.69 Å². The lowest BCUT2D eigenvalue weighted by molar-refractivity contribution is -0.384. The quantitative estimate of drug-likeness (QED) is 0.396. The van der Waals surface area contributed by atoms with Crippen molar-refractivity contribution < 1.29 is 24.7 Å². The highest BCUT2D eigenvalue weighted by molar-refractivity contribution is 6.19. The monoisotopic (exact) mass is 513 g/mol. The maximum atomic E-state index is 12.8. The highest BCUT2D eigenvalue weighted by atomic mass is 35.5. The van der Waals surface area contributed by atoms with Gasteiger partial charge in [0.2, 0.25) is 0 Å². The molecule has 36 heavy (non-hydrogen) atoms. The summed E-state index contributed by atoms with van der Waals surface area (Å²) >= 11 is 0. The third-order valence-corrected chi connectivity index (χ3v) is 6.80. The van der Waals surface area contributed by atoms with Gasteiger partial charge in [0.05, 0.1) is 17.0 Å². The van der Waals surface area contributed by atoms with Crippen LogP contribution in [0.3, 0.4) is 0 Å². The standard InChI is InChI=1S/C26H27N3O6.ClH/c30-24(31)22-14-27-17-26(25(32)33,23(22)20-9-4-10-21(12-20)29(34)35)13-19-8-5-11-28(16-19)15-18-6-2-1-3-7-18;/h1-4,6-7,9-10,12,14,19H,5,8,11,13,15-17H2,(H,30,31)(H,32,33);1H. The molecule has 2 heterocycles. The van der Waals surface area contributed by atoms with Crippen molar-refractivity contribution in [2.75, 3.05) is 19.6 Å². The van der Waals surface area contributed by atoms with Crippen LogP contribution in [0.4, 0.5) is 5.69 Å². The summed E-state index contributed by atoms with van der Waals surface area (Å²) in [6.07, 6.45) is 3.08. The minimum atomic E-state index is -1.60. The minimum absolute atomic E-state index is 0. The minimum Gasteiger partial charge on any atom is -0.481 e. The average Bonchev–Trinajstić information content (AvgIpc) is 2.84. The van der Waals surface area contributed by atoms with Crippen molar-refractivity contribution in [3.05, 3.63) is 81.4 Å². The summed E-state index contributed by atoms with van der Waals surface area (Å²) in [6, 6.07) is 15.6. The number of piperidine rings is 1. The summed E-state index contributed by atoms with van der Waals surface area (Å²) < 4.78 is 0. The number of nitrogens with zero attached hydrogens (tertiary/aromatic N) is 3. The molecule has 9 nitrogen and oxygen atoms in total. The number of hydrogen-bond acceptors (Lipinski definition) is 6. The molecule has 0 saturated carbocycles. The summed E-state index contributed by atoms with van der Waals surface area (Å²) in [5, 5.41) is 31.7. The van der Waals surface area contributed by atoms with Gasteiger partial charge in [-0.1, -0.05) is 42.5 Å². The van der Waals surface area contributed by atoms with E-state index >= 15 is 0 Å². The van der Waals surface area contributed by atoms with E-state index in [1.54, 1.807) is 0 Å². The number of carboxylic acids is 2. The van der Waals surface area contributed by atoms with Crippen molar-refractivity contribution in [1.29, 1.82) is 0 Å². The van der Waals surface area contributed by atoms with Gasteiger partial charge in [-0.2, -0.15) is 0 Å². The first kappa shape index (κ1) is 27.0. The molecule has 190 valence electrons. The zero-order valence-corrected chi connectivity index (χ0v) is 20.4. The second kappa shape index (κ2) is 11.5. The zero-order valence-electron chi connectivity index (χ0n) is 19.6. The molecule has 2 N–H and O–H groups in total. The number of halogens is 1. The molecule has 2 atom stereocenters. The van der Waals surface area contributed by atoms with Crippen LogP contribution in [0, 0.1) is 21.4 Å². The molecule has 4 rings (SSSR count). The molecule has 0 amide bonds. The maximum Gasteiger partial charge on any atom is 0.337 e. The van der Waals surface area contributed by atoms with Crippen molar-refractivity contribution >= 4 is 41.8 Å². The molecular formula is C26H28ClN3O6. The molecule has 2 aromatic rings. The second-order valence-corrected chi connectivity index (χ2v) is 9.19. The van der Waals surface area contributed by atoms with Gasteiger partial charge in [-0.15, -0.1) is 12.4 Å². The van der Waals surface area contributed by atoms with Crippen LogP contribution in [0.5, 0.6) is 0 Å². The summed E-state index contributed by atoms with van der Waals surface area (Å²) in [7, 11) is 0. The van der Waals surface area contributed by atoms with Crippen LogP contribution in [-0.4, -0.2) is 57.8 Å². The van der Waals surface area contributed by atoms with Crippen molar-refractivity contribution in [2.45, 2.75) is 25.8 Å². The Morgan fingerprint density at radius 3 is 2.56 bits per heavy atom. The van der Waals surface area contributed by atoms with Crippen LogP contribution in [-0.2, 0) is 16.1 Å². The number of non-ortho nitro benzene ring substituents is 1. The predicted molar refractivity (Wildman–Crippen MR) is 137 cm³/mol. The number of aliphatic carboxylic acids is 2. The van der Waals surface area contributed by atoms with Crippen molar-refractivity contribution in [2.24, 2.45) is 16.3 Å². The Bertz CT molecular complexity index is 1200. The lowest BCUT2D eigenvalue weighted by Gasteiger charge is -2.40. The first-order valence-electron chi connectivity index (χ1n) is 11.5. The third-order valence-electron chi connectivity index (χ3n) is 6.80. The topological polar surface area (TPSA) is 133 Å². The fourth-order valence-corrected chi connectivity index (χ4v) is 5.29. The third kappa shape index (κ3) is 5.63. The number of carbonyl (C=O) groups is 2. The molecule has 2 unspecified atom stereocenters. The summed E-state index contributed by atoms with van der Waals surface area (Å²) in [5.74, 6) is -2.48.